The van der Waals surface area contributed by atoms with E-state index in [1.807, 2.05) is 26.0 Å². The standard InChI is InChI=1S/C13H19NO3/c1-9-7-11(12(17-3)8-10(9)2)14-13(16)5-4-6-15/h7-8,15H,4-6H2,1-3H3,(H,14,16). The van der Waals surface area contributed by atoms with Crippen molar-refractivity contribution in [3.8, 4) is 5.75 Å². The Kier molecular flexibility index (Phi) is 4.97. The minimum Gasteiger partial charge on any atom is -0.495 e. The summed E-state index contributed by atoms with van der Waals surface area (Å²) in [6.07, 6.45) is 0.783. The summed E-state index contributed by atoms with van der Waals surface area (Å²) >= 11 is 0. The van der Waals surface area contributed by atoms with Gasteiger partial charge in [0, 0.05) is 13.0 Å². The fraction of sp³-hybridized carbons (Fsp3) is 0.462. The van der Waals surface area contributed by atoms with E-state index < -0.39 is 0 Å². The lowest BCUT2D eigenvalue weighted by molar-refractivity contribution is -0.116. The van der Waals surface area contributed by atoms with Gasteiger partial charge < -0.3 is 15.2 Å². The number of amides is 1. The first-order valence-electron chi connectivity index (χ1n) is 5.64. The molecule has 0 fully saturated rings. The van der Waals surface area contributed by atoms with Crippen molar-refractivity contribution in [1.82, 2.24) is 0 Å². The van der Waals surface area contributed by atoms with Crippen LogP contribution in [-0.2, 0) is 4.79 Å². The van der Waals surface area contributed by atoms with Gasteiger partial charge in [0.15, 0.2) is 0 Å². The van der Waals surface area contributed by atoms with Gasteiger partial charge in [-0.05, 0) is 43.5 Å². The molecule has 0 unspecified atom stereocenters. The van der Waals surface area contributed by atoms with E-state index in [-0.39, 0.29) is 12.5 Å². The zero-order valence-electron chi connectivity index (χ0n) is 10.5. The molecule has 94 valence electrons. The predicted octanol–water partition coefficient (Wildman–Crippen LogP) is 2.02. The van der Waals surface area contributed by atoms with Gasteiger partial charge in [0.2, 0.25) is 5.91 Å². The summed E-state index contributed by atoms with van der Waals surface area (Å²) in [6.45, 7) is 4.00. The Balaban J connectivity index is 2.82. The van der Waals surface area contributed by atoms with E-state index >= 15 is 0 Å². The van der Waals surface area contributed by atoms with E-state index in [0.717, 1.165) is 11.1 Å². The van der Waals surface area contributed by atoms with Gasteiger partial charge in [0.1, 0.15) is 5.75 Å². The maximum Gasteiger partial charge on any atom is 0.224 e. The molecule has 0 heterocycles. The SMILES string of the molecule is COc1cc(C)c(C)cc1NC(=O)CCCO. The van der Waals surface area contributed by atoms with E-state index in [4.69, 9.17) is 9.84 Å². The van der Waals surface area contributed by atoms with E-state index in [1.165, 1.54) is 0 Å². The first kappa shape index (κ1) is 13.5. The molecule has 17 heavy (non-hydrogen) atoms. The molecule has 0 aliphatic carbocycles. The lowest BCUT2D eigenvalue weighted by Gasteiger charge is -2.12. The molecule has 1 aromatic rings. The highest BCUT2D eigenvalue weighted by Gasteiger charge is 2.09. The number of hydrogen-bond acceptors (Lipinski definition) is 3. The van der Waals surface area contributed by atoms with Crippen LogP contribution in [0.1, 0.15) is 24.0 Å². The molecule has 0 saturated carbocycles. The van der Waals surface area contributed by atoms with Crippen LogP contribution in [0.15, 0.2) is 12.1 Å². The minimum absolute atomic E-state index is 0.0253. The van der Waals surface area contributed by atoms with Crippen LogP contribution in [0.2, 0.25) is 0 Å². The Morgan fingerprint density at radius 1 is 1.35 bits per heavy atom. The van der Waals surface area contributed by atoms with Crippen LogP contribution in [0.4, 0.5) is 5.69 Å². The zero-order chi connectivity index (χ0) is 12.8. The number of ether oxygens (including phenoxy) is 1. The highest BCUT2D eigenvalue weighted by atomic mass is 16.5. The maximum absolute atomic E-state index is 11.6. The summed E-state index contributed by atoms with van der Waals surface area (Å²) in [6, 6.07) is 3.79. The molecule has 1 amide bonds. The molecule has 1 aromatic carbocycles. The number of aliphatic hydroxyl groups excluding tert-OH is 1. The molecule has 0 aliphatic rings. The van der Waals surface area contributed by atoms with Crippen LogP contribution < -0.4 is 10.1 Å². The normalized spacial score (nSPS) is 10.1. The third kappa shape index (κ3) is 3.75. The molecule has 0 aliphatic heterocycles. The van der Waals surface area contributed by atoms with Crippen molar-refractivity contribution in [1.29, 1.82) is 0 Å². The van der Waals surface area contributed by atoms with Gasteiger partial charge >= 0.3 is 0 Å². The third-order valence-electron chi connectivity index (χ3n) is 2.65. The second kappa shape index (κ2) is 6.25. The van der Waals surface area contributed by atoms with Crippen LogP contribution in [0.25, 0.3) is 0 Å². The summed E-state index contributed by atoms with van der Waals surface area (Å²) < 4.78 is 5.22. The van der Waals surface area contributed by atoms with Gasteiger partial charge in [-0.1, -0.05) is 0 Å². The second-order valence-electron chi connectivity index (χ2n) is 4.01. The van der Waals surface area contributed by atoms with E-state index in [0.29, 0.717) is 24.3 Å². The summed E-state index contributed by atoms with van der Waals surface area (Å²) in [4.78, 5) is 11.6. The summed E-state index contributed by atoms with van der Waals surface area (Å²) in [5.41, 5.74) is 2.90. The molecule has 0 saturated heterocycles. The van der Waals surface area contributed by atoms with Gasteiger partial charge in [-0.2, -0.15) is 0 Å². The average Bonchev–Trinajstić information content (AvgIpc) is 2.31. The lowest BCUT2D eigenvalue weighted by Crippen LogP contribution is -2.12. The number of benzene rings is 1. The molecular weight excluding hydrogens is 218 g/mol. The van der Waals surface area contributed by atoms with Crippen LogP contribution in [0.5, 0.6) is 5.75 Å². The number of rotatable bonds is 5. The van der Waals surface area contributed by atoms with E-state index in [2.05, 4.69) is 5.32 Å². The Morgan fingerprint density at radius 3 is 2.59 bits per heavy atom. The van der Waals surface area contributed by atoms with Gasteiger partial charge in [0.05, 0.1) is 12.8 Å². The van der Waals surface area contributed by atoms with E-state index in [1.54, 1.807) is 7.11 Å². The Labute approximate surface area is 102 Å². The number of anilines is 1. The molecule has 0 bridgehead atoms. The van der Waals surface area contributed by atoms with Crippen LogP contribution in [0, 0.1) is 13.8 Å². The summed E-state index contributed by atoms with van der Waals surface area (Å²) in [7, 11) is 1.58. The molecule has 0 aromatic heterocycles. The van der Waals surface area contributed by atoms with Gasteiger partial charge in [-0.3, -0.25) is 4.79 Å². The maximum atomic E-state index is 11.6. The fourth-order valence-corrected chi connectivity index (χ4v) is 1.51. The van der Waals surface area contributed by atoms with E-state index in [9.17, 15) is 4.79 Å². The number of methoxy groups -OCH3 is 1. The van der Waals surface area contributed by atoms with Gasteiger partial charge in [-0.25, -0.2) is 0 Å². The topological polar surface area (TPSA) is 58.6 Å². The minimum atomic E-state index is -0.111. The number of nitrogens with one attached hydrogen (secondary N) is 1. The van der Waals surface area contributed by atoms with Crippen molar-refractivity contribution in [2.45, 2.75) is 26.7 Å². The highest BCUT2D eigenvalue weighted by Crippen LogP contribution is 2.28. The quantitative estimate of drug-likeness (QED) is 0.823. The molecule has 4 heteroatoms. The van der Waals surface area contributed by atoms with Gasteiger partial charge in [0.25, 0.3) is 0 Å². The van der Waals surface area contributed by atoms with Crippen molar-refractivity contribution in [3.05, 3.63) is 23.3 Å². The Morgan fingerprint density at radius 2 is 2.00 bits per heavy atom. The molecule has 1 rings (SSSR count). The number of carbonyl (C=O) groups is 1. The summed E-state index contributed by atoms with van der Waals surface area (Å²) in [5.74, 6) is 0.547. The van der Waals surface area contributed by atoms with Crippen molar-refractivity contribution >= 4 is 11.6 Å². The Hall–Kier alpha value is -1.55. The third-order valence-corrected chi connectivity index (χ3v) is 2.65. The smallest absolute Gasteiger partial charge is 0.224 e. The first-order valence-corrected chi connectivity index (χ1v) is 5.64. The Bertz CT molecular complexity index is 402. The monoisotopic (exact) mass is 237 g/mol. The molecule has 0 spiro atoms. The van der Waals surface area contributed by atoms with Crippen molar-refractivity contribution < 1.29 is 14.6 Å². The van der Waals surface area contributed by atoms with Gasteiger partial charge in [-0.15, -0.1) is 0 Å². The van der Waals surface area contributed by atoms with Crippen molar-refractivity contribution in [3.63, 3.8) is 0 Å². The van der Waals surface area contributed by atoms with Crippen LogP contribution >= 0.6 is 0 Å². The lowest BCUT2D eigenvalue weighted by atomic mass is 10.1. The average molecular weight is 237 g/mol. The summed E-state index contributed by atoms with van der Waals surface area (Å²) in [5, 5.41) is 11.4. The zero-order valence-corrected chi connectivity index (χ0v) is 10.5. The van der Waals surface area contributed by atoms with Crippen molar-refractivity contribution in [2.75, 3.05) is 19.0 Å². The second-order valence-corrected chi connectivity index (χ2v) is 4.01. The van der Waals surface area contributed by atoms with Crippen LogP contribution in [-0.4, -0.2) is 24.7 Å². The molecule has 0 atom stereocenters. The number of aliphatic hydroxyl groups is 1. The molecular formula is C13H19NO3. The molecule has 2 N–H and O–H groups in total. The number of aryl methyl sites for hydroxylation is 2. The fourth-order valence-electron chi connectivity index (χ4n) is 1.51. The van der Waals surface area contributed by atoms with Crippen molar-refractivity contribution in [2.24, 2.45) is 0 Å². The van der Waals surface area contributed by atoms with Crippen LogP contribution in [0.3, 0.4) is 0 Å². The molecule has 0 radical (unpaired) electrons. The first-order chi connectivity index (χ1) is 8.08. The molecule has 4 nitrogen and oxygen atoms in total. The largest absolute Gasteiger partial charge is 0.495 e. The highest BCUT2D eigenvalue weighted by molar-refractivity contribution is 5.92. The predicted molar refractivity (Wildman–Crippen MR) is 67.4 cm³/mol. The number of hydrogen-bond donors (Lipinski definition) is 2. The number of carbonyl (C=O) groups excluding carboxylic acids is 1.